The molecule has 1 aromatic carbocycles. The number of allylic oxidation sites excluding steroid dienone is 5. The molecule has 0 fully saturated rings. The van der Waals surface area contributed by atoms with Crippen LogP contribution in [-0.4, -0.2) is 37.5 Å². The molecular weight excluding hydrogens is 396 g/mol. The standard InChI is InChI=1S/C25H36O6/c1-16(12-9-13-18(3)25(27)28)10-8-11-17(2)14-15-20-19(4)22(29-5)24(31-7)23(30-6)21(20)26/h10,13-14,26H,8-9,11-12,15H2,1-7H3,(H,27,28). The molecule has 0 unspecified atom stereocenters. The van der Waals surface area contributed by atoms with Gasteiger partial charge in [0.2, 0.25) is 11.5 Å². The Kier molecular flexibility index (Phi) is 10.7. The second-order valence-electron chi connectivity index (χ2n) is 7.63. The van der Waals surface area contributed by atoms with E-state index >= 15 is 0 Å². The van der Waals surface area contributed by atoms with E-state index in [0.29, 0.717) is 23.5 Å². The van der Waals surface area contributed by atoms with E-state index in [1.54, 1.807) is 20.1 Å². The van der Waals surface area contributed by atoms with Gasteiger partial charge in [-0.25, -0.2) is 4.79 Å². The minimum absolute atomic E-state index is 0.0714. The number of hydrogen-bond acceptors (Lipinski definition) is 5. The smallest absolute Gasteiger partial charge is 0.330 e. The van der Waals surface area contributed by atoms with Crippen LogP contribution in [0.1, 0.15) is 57.6 Å². The summed E-state index contributed by atoms with van der Waals surface area (Å²) in [5.74, 6) is 0.428. The van der Waals surface area contributed by atoms with Crippen molar-refractivity contribution in [2.24, 2.45) is 0 Å². The van der Waals surface area contributed by atoms with E-state index in [4.69, 9.17) is 19.3 Å². The molecule has 6 heteroatoms. The monoisotopic (exact) mass is 432 g/mol. The zero-order valence-electron chi connectivity index (χ0n) is 19.8. The minimum Gasteiger partial charge on any atom is -0.504 e. The lowest BCUT2D eigenvalue weighted by molar-refractivity contribution is -0.132. The Balaban J connectivity index is 2.80. The van der Waals surface area contributed by atoms with Crippen molar-refractivity contribution in [1.82, 2.24) is 0 Å². The van der Waals surface area contributed by atoms with Gasteiger partial charge in [0.1, 0.15) is 0 Å². The molecule has 0 amide bonds. The van der Waals surface area contributed by atoms with Gasteiger partial charge in [0, 0.05) is 16.7 Å². The van der Waals surface area contributed by atoms with Gasteiger partial charge in [0.25, 0.3) is 0 Å². The van der Waals surface area contributed by atoms with E-state index in [0.717, 1.165) is 36.8 Å². The number of methoxy groups -OCH3 is 3. The molecule has 0 aliphatic heterocycles. The molecule has 31 heavy (non-hydrogen) atoms. The Hall–Kier alpha value is -2.89. The van der Waals surface area contributed by atoms with Gasteiger partial charge >= 0.3 is 5.97 Å². The van der Waals surface area contributed by atoms with Crippen molar-refractivity contribution in [3.8, 4) is 23.0 Å². The summed E-state index contributed by atoms with van der Waals surface area (Å²) in [6.07, 6.45) is 10.0. The Morgan fingerprint density at radius 3 is 1.87 bits per heavy atom. The fourth-order valence-corrected chi connectivity index (χ4v) is 3.33. The lowest BCUT2D eigenvalue weighted by atomic mass is 9.99. The summed E-state index contributed by atoms with van der Waals surface area (Å²) in [4.78, 5) is 10.8. The van der Waals surface area contributed by atoms with E-state index in [-0.39, 0.29) is 11.5 Å². The number of phenolic OH excluding ortho intramolecular Hbond substituents is 1. The second-order valence-corrected chi connectivity index (χ2v) is 7.63. The van der Waals surface area contributed by atoms with E-state index in [1.165, 1.54) is 25.4 Å². The highest BCUT2D eigenvalue weighted by Crippen LogP contribution is 2.48. The van der Waals surface area contributed by atoms with E-state index in [2.05, 4.69) is 26.0 Å². The molecular formula is C25H36O6. The summed E-state index contributed by atoms with van der Waals surface area (Å²) in [6.45, 7) is 7.65. The number of rotatable bonds is 12. The SMILES string of the molecule is COc1c(C)c(CC=C(C)CCC=C(C)CCC=C(C)C(=O)O)c(O)c(OC)c1OC. The van der Waals surface area contributed by atoms with Crippen molar-refractivity contribution in [2.75, 3.05) is 21.3 Å². The average molecular weight is 433 g/mol. The predicted octanol–water partition coefficient (Wildman–Crippen LogP) is 5.75. The molecule has 0 radical (unpaired) electrons. The summed E-state index contributed by atoms with van der Waals surface area (Å²) in [6, 6.07) is 0. The maximum atomic E-state index is 10.8. The number of phenols is 1. The molecule has 0 bridgehead atoms. The highest BCUT2D eigenvalue weighted by atomic mass is 16.5. The minimum atomic E-state index is -0.865. The van der Waals surface area contributed by atoms with Crippen molar-refractivity contribution in [3.05, 3.63) is 46.1 Å². The van der Waals surface area contributed by atoms with Gasteiger partial charge in [-0.3, -0.25) is 0 Å². The summed E-state index contributed by atoms with van der Waals surface area (Å²) in [5.41, 5.74) is 4.43. The number of ether oxygens (including phenoxy) is 3. The van der Waals surface area contributed by atoms with Crippen molar-refractivity contribution in [3.63, 3.8) is 0 Å². The summed E-state index contributed by atoms with van der Waals surface area (Å²) >= 11 is 0. The van der Waals surface area contributed by atoms with Gasteiger partial charge in [0.15, 0.2) is 11.5 Å². The highest BCUT2D eigenvalue weighted by molar-refractivity contribution is 5.85. The van der Waals surface area contributed by atoms with Crippen molar-refractivity contribution >= 4 is 5.97 Å². The Bertz CT molecular complexity index is 830. The maximum Gasteiger partial charge on any atom is 0.330 e. The van der Waals surface area contributed by atoms with Gasteiger partial charge in [-0.15, -0.1) is 0 Å². The van der Waals surface area contributed by atoms with Gasteiger partial charge in [0.05, 0.1) is 21.3 Å². The van der Waals surface area contributed by atoms with Crippen molar-refractivity contribution in [2.45, 2.75) is 59.8 Å². The Labute approximate surface area is 185 Å². The molecule has 0 saturated carbocycles. The topological polar surface area (TPSA) is 85.2 Å². The first-order chi connectivity index (χ1) is 14.7. The average Bonchev–Trinajstić information content (AvgIpc) is 2.72. The lowest BCUT2D eigenvalue weighted by Crippen LogP contribution is -2.01. The molecule has 2 N–H and O–H groups in total. The Morgan fingerprint density at radius 1 is 0.839 bits per heavy atom. The van der Waals surface area contributed by atoms with Crippen LogP contribution in [0.25, 0.3) is 0 Å². The van der Waals surface area contributed by atoms with Crippen LogP contribution in [0.4, 0.5) is 0 Å². The third-order valence-corrected chi connectivity index (χ3v) is 5.33. The fourth-order valence-electron chi connectivity index (χ4n) is 3.33. The molecule has 1 rings (SSSR count). The normalized spacial score (nSPS) is 12.7. The first-order valence-electron chi connectivity index (χ1n) is 10.4. The fraction of sp³-hybridized carbons (Fsp3) is 0.480. The summed E-state index contributed by atoms with van der Waals surface area (Å²) in [5, 5.41) is 19.6. The lowest BCUT2D eigenvalue weighted by Gasteiger charge is -2.19. The van der Waals surface area contributed by atoms with Crippen molar-refractivity contribution < 1.29 is 29.2 Å². The quantitative estimate of drug-likeness (QED) is 0.323. The van der Waals surface area contributed by atoms with Crippen LogP contribution in [-0.2, 0) is 11.2 Å². The van der Waals surface area contributed by atoms with E-state index in [1.807, 2.05) is 6.92 Å². The van der Waals surface area contributed by atoms with Gasteiger partial charge in [-0.05, 0) is 59.8 Å². The third-order valence-electron chi connectivity index (χ3n) is 5.33. The number of carboxylic acid groups (broad SMARTS) is 1. The molecule has 0 aromatic heterocycles. The predicted molar refractivity (Wildman–Crippen MR) is 124 cm³/mol. The van der Waals surface area contributed by atoms with Crippen LogP contribution >= 0.6 is 0 Å². The van der Waals surface area contributed by atoms with E-state index < -0.39 is 5.97 Å². The first-order valence-corrected chi connectivity index (χ1v) is 10.4. The van der Waals surface area contributed by atoms with Crippen molar-refractivity contribution in [1.29, 1.82) is 0 Å². The zero-order chi connectivity index (χ0) is 23.6. The van der Waals surface area contributed by atoms with Gasteiger partial charge in [-0.1, -0.05) is 29.4 Å². The number of hydrogen-bond donors (Lipinski definition) is 2. The summed E-state index contributed by atoms with van der Waals surface area (Å²) in [7, 11) is 4.58. The van der Waals surface area contributed by atoms with Crippen LogP contribution < -0.4 is 14.2 Å². The number of aromatic hydroxyl groups is 1. The number of carboxylic acids is 1. The molecule has 0 aliphatic carbocycles. The first kappa shape index (κ1) is 26.1. The molecule has 0 saturated heterocycles. The van der Waals surface area contributed by atoms with Crippen LogP contribution in [0.15, 0.2) is 34.9 Å². The highest BCUT2D eigenvalue weighted by Gasteiger charge is 2.23. The zero-order valence-corrected chi connectivity index (χ0v) is 19.8. The molecule has 0 aliphatic rings. The van der Waals surface area contributed by atoms with Crippen LogP contribution in [0.5, 0.6) is 23.0 Å². The van der Waals surface area contributed by atoms with Crippen LogP contribution in [0.3, 0.4) is 0 Å². The second kappa shape index (κ2) is 12.7. The largest absolute Gasteiger partial charge is 0.504 e. The molecule has 6 nitrogen and oxygen atoms in total. The van der Waals surface area contributed by atoms with Crippen LogP contribution in [0, 0.1) is 6.92 Å². The molecule has 0 heterocycles. The molecule has 0 spiro atoms. The maximum absolute atomic E-state index is 10.8. The molecule has 172 valence electrons. The number of aliphatic carboxylic acids is 1. The van der Waals surface area contributed by atoms with E-state index in [9.17, 15) is 9.90 Å². The molecule has 1 aromatic rings. The van der Waals surface area contributed by atoms with Gasteiger partial charge in [-0.2, -0.15) is 0 Å². The summed E-state index contributed by atoms with van der Waals surface area (Å²) < 4.78 is 16.2. The third kappa shape index (κ3) is 7.39. The number of benzene rings is 1. The Morgan fingerprint density at radius 2 is 1.35 bits per heavy atom. The van der Waals surface area contributed by atoms with Gasteiger partial charge < -0.3 is 24.4 Å². The number of carbonyl (C=O) groups is 1. The van der Waals surface area contributed by atoms with Crippen LogP contribution in [0.2, 0.25) is 0 Å². The molecule has 0 atom stereocenters.